The van der Waals surface area contributed by atoms with Crippen LogP contribution in [0.5, 0.6) is 0 Å². The van der Waals surface area contributed by atoms with Crippen LogP contribution in [0.4, 0.5) is 4.39 Å². The molecule has 0 aromatic heterocycles. The van der Waals surface area contributed by atoms with Crippen molar-refractivity contribution in [2.24, 2.45) is 0 Å². The SMILES string of the molecule is CCCN(C(C)C)S(=O)(=O)c1ccc(F)c(CO)c1. The molecule has 0 saturated heterocycles. The molecular formula is C13H20FNO3S. The van der Waals surface area contributed by atoms with Crippen LogP contribution >= 0.6 is 0 Å². The van der Waals surface area contributed by atoms with Gasteiger partial charge >= 0.3 is 0 Å². The zero-order valence-corrected chi connectivity index (χ0v) is 12.2. The topological polar surface area (TPSA) is 57.6 Å². The van der Waals surface area contributed by atoms with Crippen LogP contribution in [0.25, 0.3) is 0 Å². The third-order valence-electron chi connectivity index (χ3n) is 2.81. The van der Waals surface area contributed by atoms with Gasteiger partial charge in [-0.2, -0.15) is 4.31 Å². The lowest BCUT2D eigenvalue weighted by atomic mass is 10.2. The number of hydrogen-bond acceptors (Lipinski definition) is 3. The highest BCUT2D eigenvalue weighted by molar-refractivity contribution is 7.89. The third-order valence-corrected chi connectivity index (χ3v) is 4.89. The van der Waals surface area contributed by atoms with Crippen molar-refractivity contribution in [1.82, 2.24) is 4.31 Å². The molecule has 1 N–H and O–H groups in total. The zero-order valence-electron chi connectivity index (χ0n) is 11.4. The first-order chi connectivity index (χ1) is 8.84. The average molecular weight is 289 g/mol. The van der Waals surface area contributed by atoms with Crippen LogP contribution in [0.3, 0.4) is 0 Å². The number of sulfonamides is 1. The molecule has 0 aliphatic carbocycles. The average Bonchev–Trinajstić information content (AvgIpc) is 2.35. The number of nitrogens with zero attached hydrogens (tertiary/aromatic N) is 1. The smallest absolute Gasteiger partial charge is 0.243 e. The summed E-state index contributed by atoms with van der Waals surface area (Å²) in [5, 5.41) is 9.01. The van der Waals surface area contributed by atoms with Crippen LogP contribution < -0.4 is 0 Å². The molecule has 0 aliphatic heterocycles. The van der Waals surface area contributed by atoms with E-state index in [4.69, 9.17) is 5.11 Å². The second-order valence-electron chi connectivity index (χ2n) is 4.62. The van der Waals surface area contributed by atoms with Gasteiger partial charge in [0.05, 0.1) is 11.5 Å². The molecule has 0 amide bonds. The van der Waals surface area contributed by atoms with Crippen LogP contribution in [0.2, 0.25) is 0 Å². The van der Waals surface area contributed by atoms with E-state index in [0.29, 0.717) is 13.0 Å². The minimum atomic E-state index is -3.66. The number of hydrogen-bond donors (Lipinski definition) is 1. The van der Waals surface area contributed by atoms with E-state index < -0.39 is 22.4 Å². The predicted octanol–water partition coefficient (Wildman–Crippen LogP) is 2.13. The van der Waals surface area contributed by atoms with E-state index >= 15 is 0 Å². The Labute approximate surface area is 113 Å². The molecule has 0 atom stereocenters. The third kappa shape index (κ3) is 3.52. The molecule has 6 heteroatoms. The Kier molecular flexibility index (Phi) is 5.46. The lowest BCUT2D eigenvalue weighted by Gasteiger charge is -2.25. The van der Waals surface area contributed by atoms with Gasteiger partial charge in [-0.1, -0.05) is 6.92 Å². The highest BCUT2D eigenvalue weighted by Gasteiger charge is 2.26. The normalized spacial score (nSPS) is 12.4. The summed E-state index contributed by atoms with van der Waals surface area (Å²) in [5.74, 6) is -0.604. The van der Waals surface area contributed by atoms with Crippen molar-refractivity contribution in [1.29, 1.82) is 0 Å². The summed E-state index contributed by atoms with van der Waals surface area (Å²) in [7, 11) is -3.66. The van der Waals surface area contributed by atoms with Gasteiger partial charge in [0.25, 0.3) is 0 Å². The maximum atomic E-state index is 13.3. The number of benzene rings is 1. The van der Waals surface area contributed by atoms with Gasteiger partial charge in [0.15, 0.2) is 0 Å². The summed E-state index contributed by atoms with van der Waals surface area (Å²) >= 11 is 0. The molecule has 1 aromatic rings. The molecule has 0 bridgehead atoms. The number of rotatable bonds is 6. The highest BCUT2D eigenvalue weighted by Crippen LogP contribution is 2.21. The van der Waals surface area contributed by atoms with Gasteiger partial charge in [-0.3, -0.25) is 0 Å². The van der Waals surface area contributed by atoms with Gasteiger partial charge < -0.3 is 5.11 Å². The summed E-state index contributed by atoms with van der Waals surface area (Å²) in [5.41, 5.74) is -0.0127. The first-order valence-corrected chi connectivity index (χ1v) is 7.69. The maximum Gasteiger partial charge on any atom is 0.243 e. The molecule has 0 heterocycles. The van der Waals surface area contributed by atoms with Crippen LogP contribution in [-0.2, 0) is 16.6 Å². The van der Waals surface area contributed by atoms with E-state index in [2.05, 4.69) is 0 Å². The van der Waals surface area contributed by atoms with E-state index in [9.17, 15) is 12.8 Å². The molecule has 1 rings (SSSR count). The van der Waals surface area contributed by atoms with Crippen molar-refractivity contribution in [3.05, 3.63) is 29.6 Å². The molecule has 0 saturated carbocycles. The minimum Gasteiger partial charge on any atom is -0.392 e. The second kappa shape index (κ2) is 6.45. The summed E-state index contributed by atoms with van der Waals surface area (Å²) < 4.78 is 39.6. The molecule has 0 unspecified atom stereocenters. The van der Waals surface area contributed by atoms with E-state index in [1.165, 1.54) is 16.4 Å². The van der Waals surface area contributed by atoms with E-state index in [1.54, 1.807) is 13.8 Å². The molecule has 0 fully saturated rings. The summed E-state index contributed by atoms with van der Waals surface area (Å²) in [6.07, 6.45) is 0.700. The molecule has 108 valence electrons. The van der Waals surface area contributed by atoms with E-state index in [0.717, 1.165) is 6.07 Å². The lowest BCUT2D eigenvalue weighted by molar-refractivity contribution is 0.275. The number of halogens is 1. The molecule has 4 nitrogen and oxygen atoms in total. The van der Waals surface area contributed by atoms with Crippen LogP contribution in [0, 0.1) is 5.82 Å². The Morgan fingerprint density at radius 1 is 1.37 bits per heavy atom. The summed E-state index contributed by atoms with van der Waals surface area (Å²) in [6.45, 7) is 5.37. The van der Waals surface area contributed by atoms with Crippen LogP contribution in [-0.4, -0.2) is 30.4 Å². The molecule has 0 aliphatic rings. The monoisotopic (exact) mass is 289 g/mol. The zero-order chi connectivity index (χ0) is 14.6. The standard InChI is InChI=1S/C13H20FNO3S/c1-4-7-15(10(2)3)19(17,18)12-5-6-13(14)11(8-12)9-16/h5-6,8,10,16H,4,7,9H2,1-3H3. The van der Waals surface area contributed by atoms with E-state index in [-0.39, 0.29) is 16.5 Å². The summed E-state index contributed by atoms with van der Waals surface area (Å²) in [4.78, 5) is 0.0140. The largest absolute Gasteiger partial charge is 0.392 e. The van der Waals surface area contributed by atoms with Crippen molar-refractivity contribution in [3.8, 4) is 0 Å². The van der Waals surface area contributed by atoms with Crippen molar-refractivity contribution in [2.75, 3.05) is 6.54 Å². The van der Waals surface area contributed by atoms with Crippen molar-refractivity contribution >= 4 is 10.0 Å². The maximum absolute atomic E-state index is 13.3. The second-order valence-corrected chi connectivity index (χ2v) is 6.51. The van der Waals surface area contributed by atoms with Gasteiger partial charge in [0, 0.05) is 18.2 Å². The Balaban J connectivity index is 3.25. The number of aliphatic hydroxyl groups excluding tert-OH is 1. The number of aliphatic hydroxyl groups is 1. The molecular weight excluding hydrogens is 269 g/mol. The quantitative estimate of drug-likeness (QED) is 0.872. The molecule has 19 heavy (non-hydrogen) atoms. The van der Waals surface area contributed by atoms with Gasteiger partial charge in [0.1, 0.15) is 5.82 Å². The predicted molar refractivity (Wildman–Crippen MR) is 71.6 cm³/mol. The van der Waals surface area contributed by atoms with Crippen LogP contribution in [0.15, 0.2) is 23.1 Å². The molecule has 0 spiro atoms. The van der Waals surface area contributed by atoms with Gasteiger partial charge in [-0.25, -0.2) is 12.8 Å². The summed E-state index contributed by atoms with van der Waals surface area (Å²) in [6, 6.07) is 3.32. The highest BCUT2D eigenvalue weighted by atomic mass is 32.2. The first kappa shape index (κ1) is 16.1. The molecule has 0 radical (unpaired) electrons. The lowest BCUT2D eigenvalue weighted by Crippen LogP contribution is -2.37. The Morgan fingerprint density at radius 3 is 2.47 bits per heavy atom. The van der Waals surface area contributed by atoms with Crippen molar-refractivity contribution in [3.63, 3.8) is 0 Å². The van der Waals surface area contributed by atoms with Crippen LogP contribution in [0.1, 0.15) is 32.8 Å². The minimum absolute atomic E-state index is 0.0127. The fraction of sp³-hybridized carbons (Fsp3) is 0.538. The Bertz CT molecular complexity index is 529. The van der Waals surface area contributed by atoms with Crippen molar-refractivity contribution < 1.29 is 17.9 Å². The first-order valence-electron chi connectivity index (χ1n) is 6.25. The van der Waals surface area contributed by atoms with E-state index in [1.807, 2.05) is 6.92 Å². The van der Waals surface area contributed by atoms with Gasteiger partial charge in [-0.05, 0) is 38.5 Å². The fourth-order valence-electron chi connectivity index (χ4n) is 1.84. The molecule has 1 aromatic carbocycles. The fourth-order valence-corrected chi connectivity index (χ4v) is 3.62. The Hall–Kier alpha value is -0.980. The van der Waals surface area contributed by atoms with Crippen molar-refractivity contribution in [2.45, 2.75) is 44.7 Å². The van der Waals surface area contributed by atoms with Gasteiger partial charge in [0.2, 0.25) is 10.0 Å². The van der Waals surface area contributed by atoms with Gasteiger partial charge in [-0.15, -0.1) is 0 Å². The Morgan fingerprint density at radius 2 is 2.00 bits per heavy atom.